The van der Waals surface area contributed by atoms with Crippen molar-refractivity contribution in [1.29, 1.82) is 0 Å². The summed E-state index contributed by atoms with van der Waals surface area (Å²) in [6.07, 6.45) is -3.23. The minimum absolute atomic E-state index is 0. The average Bonchev–Trinajstić information content (AvgIpc) is 2.71. The molecule has 0 radical (unpaired) electrons. The van der Waals surface area contributed by atoms with Crippen LogP contribution in [-0.2, 0) is 11.3 Å². The first-order valence-corrected chi connectivity index (χ1v) is 8.76. The van der Waals surface area contributed by atoms with Gasteiger partial charge in [-0.3, -0.25) is 4.79 Å². The van der Waals surface area contributed by atoms with Crippen molar-refractivity contribution in [3.8, 4) is 5.88 Å². The molecule has 1 fully saturated rings. The second kappa shape index (κ2) is 10.4. The van der Waals surface area contributed by atoms with E-state index in [9.17, 15) is 18.0 Å². The maximum absolute atomic E-state index is 12.2. The molecule has 2 N–H and O–H groups in total. The van der Waals surface area contributed by atoms with Gasteiger partial charge in [0.15, 0.2) is 6.61 Å². The zero-order valence-corrected chi connectivity index (χ0v) is 16.2. The number of morpholine rings is 1. The summed E-state index contributed by atoms with van der Waals surface area (Å²) in [4.78, 5) is 15.9. The molecule has 1 aromatic heterocycles. The van der Waals surface area contributed by atoms with Gasteiger partial charge in [0.1, 0.15) is 0 Å². The number of nitrogens with zero attached hydrogens (tertiary/aromatic N) is 1. The molecular formula is C19H21ClF3N3O3. The fourth-order valence-electron chi connectivity index (χ4n) is 2.67. The molecule has 3 rings (SSSR count). The van der Waals surface area contributed by atoms with Crippen LogP contribution in [0.3, 0.4) is 0 Å². The highest BCUT2D eigenvalue weighted by Crippen LogP contribution is 2.19. The standard InChI is InChI=1S/C19H20F3N3O3.ClH/c20-19(21,22)12-28-17-6-5-15(10-24-17)18(26)25-9-13-1-3-14(4-2-13)16-11-23-7-8-27-16;/h1-6,10,16,23H,7-9,11-12H2,(H,25,26);1H. The zero-order valence-electron chi connectivity index (χ0n) is 15.4. The third kappa shape index (κ3) is 7.19. The maximum atomic E-state index is 12.2. The van der Waals surface area contributed by atoms with Gasteiger partial charge in [-0.05, 0) is 17.2 Å². The van der Waals surface area contributed by atoms with E-state index in [1.165, 1.54) is 18.3 Å². The summed E-state index contributed by atoms with van der Waals surface area (Å²) in [7, 11) is 0. The Morgan fingerprint density at radius 2 is 2.00 bits per heavy atom. The molecule has 0 aliphatic carbocycles. The van der Waals surface area contributed by atoms with Gasteiger partial charge in [0.2, 0.25) is 5.88 Å². The van der Waals surface area contributed by atoms with Crippen LogP contribution >= 0.6 is 12.4 Å². The van der Waals surface area contributed by atoms with E-state index in [1.807, 2.05) is 24.3 Å². The first kappa shape index (κ1) is 22.9. The monoisotopic (exact) mass is 431 g/mol. The van der Waals surface area contributed by atoms with E-state index in [-0.39, 0.29) is 35.9 Å². The molecular weight excluding hydrogens is 411 g/mol. The lowest BCUT2D eigenvalue weighted by Gasteiger charge is -2.24. The van der Waals surface area contributed by atoms with E-state index >= 15 is 0 Å². The van der Waals surface area contributed by atoms with E-state index < -0.39 is 12.8 Å². The normalized spacial score (nSPS) is 16.6. The lowest BCUT2D eigenvalue weighted by molar-refractivity contribution is -0.154. The molecule has 0 bridgehead atoms. The summed E-state index contributed by atoms with van der Waals surface area (Å²) in [5, 5.41) is 6.02. The molecule has 1 aliphatic heterocycles. The first-order valence-electron chi connectivity index (χ1n) is 8.76. The number of alkyl halides is 3. The van der Waals surface area contributed by atoms with Crippen molar-refractivity contribution in [3.63, 3.8) is 0 Å². The Kier molecular flexibility index (Phi) is 8.24. The van der Waals surface area contributed by atoms with E-state index in [0.717, 1.165) is 24.2 Å². The van der Waals surface area contributed by atoms with Crippen LogP contribution in [0.15, 0.2) is 42.6 Å². The van der Waals surface area contributed by atoms with E-state index in [0.29, 0.717) is 13.2 Å². The molecule has 1 amide bonds. The Hall–Kier alpha value is -2.36. The van der Waals surface area contributed by atoms with Crippen LogP contribution < -0.4 is 15.4 Å². The van der Waals surface area contributed by atoms with Crippen LogP contribution in [0.4, 0.5) is 13.2 Å². The van der Waals surface area contributed by atoms with Crippen molar-refractivity contribution in [1.82, 2.24) is 15.6 Å². The number of ether oxygens (including phenoxy) is 2. The number of nitrogens with one attached hydrogen (secondary N) is 2. The second-order valence-electron chi connectivity index (χ2n) is 6.28. The van der Waals surface area contributed by atoms with Crippen LogP contribution in [0.25, 0.3) is 0 Å². The van der Waals surface area contributed by atoms with Crippen molar-refractivity contribution in [3.05, 3.63) is 59.3 Å². The highest BCUT2D eigenvalue weighted by molar-refractivity contribution is 5.93. The second-order valence-corrected chi connectivity index (χ2v) is 6.28. The van der Waals surface area contributed by atoms with Gasteiger partial charge in [-0.15, -0.1) is 12.4 Å². The van der Waals surface area contributed by atoms with Gasteiger partial charge in [-0.2, -0.15) is 13.2 Å². The first-order chi connectivity index (χ1) is 13.4. The number of hydrogen-bond acceptors (Lipinski definition) is 5. The largest absolute Gasteiger partial charge is 0.468 e. The smallest absolute Gasteiger partial charge is 0.422 e. The van der Waals surface area contributed by atoms with E-state index in [4.69, 9.17) is 4.74 Å². The fourth-order valence-corrected chi connectivity index (χ4v) is 2.67. The number of hydrogen-bond donors (Lipinski definition) is 2. The van der Waals surface area contributed by atoms with Crippen LogP contribution in [0.5, 0.6) is 5.88 Å². The quantitative estimate of drug-likeness (QED) is 0.735. The summed E-state index contributed by atoms with van der Waals surface area (Å²) in [6, 6.07) is 10.4. The Bertz CT molecular complexity index is 780. The minimum atomic E-state index is -4.44. The van der Waals surface area contributed by atoms with Crippen molar-refractivity contribution in [2.45, 2.75) is 18.8 Å². The Morgan fingerprint density at radius 1 is 1.24 bits per heavy atom. The van der Waals surface area contributed by atoms with E-state index in [1.54, 1.807) is 0 Å². The molecule has 0 saturated carbocycles. The van der Waals surface area contributed by atoms with Crippen molar-refractivity contribution >= 4 is 18.3 Å². The summed E-state index contributed by atoms with van der Waals surface area (Å²) in [6.45, 7) is 1.19. The van der Waals surface area contributed by atoms with Gasteiger partial charge in [0.25, 0.3) is 5.91 Å². The highest BCUT2D eigenvalue weighted by Gasteiger charge is 2.28. The van der Waals surface area contributed by atoms with Gasteiger partial charge in [0.05, 0.1) is 18.3 Å². The molecule has 0 spiro atoms. The molecule has 10 heteroatoms. The van der Waals surface area contributed by atoms with Crippen LogP contribution in [0.1, 0.15) is 27.6 Å². The Labute approximate surface area is 172 Å². The number of carbonyl (C=O) groups is 1. The van der Waals surface area contributed by atoms with Crippen LogP contribution in [0, 0.1) is 0 Å². The number of rotatable bonds is 6. The Morgan fingerprint density at radius 3 is 2.59 bits per heavy atom. The SMILES string of the molecule is Cl.O=C(NCc1ccc(C2CNCCO2)cc1)c1ccc(OCC(F)(F)F)nc1. The zero-order chi connectivity index (χ0) is 20.0. The predicted octanol–water partition coefficient (Wildman–Crippen LogP) is 3.04. The molecule has 2 aromatic rings. The van der Waals surface area contributed by atoms with Gasteiger partial charge >= 0.3 is 6.18 Å². The van der Waals surface area contributed by atoms with Crippen molar-refractivity contribution in [2.75, 3.05) is 26.3 Å². The third-order valence-electron chi connectivity index (χ3n) is 4.11. The molecule has 1 saturated heterocycles. The van der Waals surface area contributed by atoms with E-state index in [2.05, 4.69) is 20.4 Å². The lowest BCUT2D eigenvalue weighted by atomic mass is 10.1. The fraction of sp³-hybridized carbons (Fsp3) is 0.368. The molecule has 1 unspecified atom stereocenters. The molecule has 158 valence electrons. The minimum Gasteiger partial charge on any atom is -0.468 e. The summed E-state index contributed by atoms with van der Waals surface area (Å²) in [5.74, 6) is -0.567. The molecule has 1 atom stereocenters. The molecule has 6 nitrogen and oxygen atoms in total. The topological polar surface area (TPSA) is 72.5 Å². The predicted molar refractivity (Wildman–Crippen MR) is 102 cm³/mol. The highest BCUT2D eigenvalue weighted by atomic mass is 35.5. The van der Waals surface area contributed by atoms with Gasteiger partial charge in [-0.1, -0.05) is 24.3 Å². The third-order valence-corrected chi connectivity index (χ3v) is 4.11. The van der Waals surface area contributed by atoms with Crippen LogP contribution in [0.2, 0.25) is 0 Å². The van der Waals surface area contributed by atoms with Gasteiger partial charge in [0, 0.05) is 31.9 Å². The van der Waals surface area contributed by atoms with Crippen molar-refractivity contribution < 1.29 is 27.4 Å². The summed E-state index contributed by atoms with van der Waals surface area (Å²) in [5.41, 5.74) is 2.22. The number of pyridine rings is 1. The molecule has 2 heterocycles. The number of aromatic nitrogens is 1. The Balaban J connectivity index is 0.00000300. The lowest BCUT2D eigenvalue weighted by Crippen LogP contribution is -2.33. The number of halogens is 4. The van der Waals surface area contributed by atoms with Gasteiger partial charge in [-0.25, -0.2) is 4.98 Å². The number of carbonyl (C=O) groups excluding carboxylic acids is 1. The average molecular weight is 432 g/mol. The van der Waals surface area contributed by atoms with Crippen molar-refractivity contribution in [2.24, 2.45) is 0 Å². The molecule has 1 aliphatic rings. The van der Waals surface area contributed by atoms with Crippen LogP contribution in [-0.4, -0.2) is 43.4 Å². The molecule has 1 aromatic carbocycles. The maximum Gasteiger partial charge on any atom is 0.422 e. The summed E-state index contributed by atoms with van der Waals surface area (Å²) >= 11 is 0. The summed E-state index contributed by atoms with van der Waals surface area (Å²) < 4.78 is 46.5. The number of amides is 1. The van der Waals surface area contributed by atoms with Gasteiger partial charge < -0.3 is 20.1 Å². The number of benzene rings is 1. The molecule has 29 heavy (non-hydrogen) atoms.